The molecule has 0 saturated carbocycles. The highest BCUT2D eigenvalue weighted by Crippen LogP contribution is 2.26. The molecule has 4 rings (SSSR count). The quantitative estimate of drug-likeness (QED) is 0.430. The summed E-state index contributed by atoms with van der Waals surface area (Å²) in [7, 11) is 1.68. The summed E-state index contributed by atoms with van der Waals surface area (Å²) in [5.74, 6) is 0.322. The van der Waals surface area contributed by atoms with Crippen LogP contribution in [0.3, 0.4) is 0 Å². The number of nitrogens with zero attached hydrogens (tertiary/aromatic N) is 3. The highest BCUT2D eigenvalue weighted by Gasteiger charge is 2.30. The Morgan fingerprint density at radius 2 is 1.66 bits per heavy atom. The largest absolute Gasteiger partial charge is 0.497 e. The number of carbonyl (C=O) groups is 1. The lowest BCUT2D eigenvalue weighted by molar-refractivity contribution is 0.0942. The van der Waals surface area contributed by atoms with E-state index in [-0.39, 0.29) is 21.5 Å². The van der Waals surface area contributed by atoms with Crippen LogP contribution in [0.4, 0.5) is 5.69 Å². The minimum atomic E-state index is -3.79. The van der Waals surface area contributed by atoms with Gasteiger partial charge in [-0.05, 0) is 62.1 Å². The lowest BCUT2D eigenvalue weighted by Crippen LogP contribution is -2.48. The number of likely N-dealkylation sites (N-methyl/N-ethyl adjacent to an activating group) is 1. The predicted octanol–water partition coefficient (Wildman–Crippen LogP) is 3.89. The number of rotatable bonds is 9. The van der Waals surface area contributed by atoms with Gasteiger partial charge in [-0.1, -0.05) is 41.9 Å². The second-order valence-corrected chi connectivity index (χ2v) is 11.7. The number of para-hydroxylation sites is 1. The van der Waals surface area contributed by atoms with Crippen molar-refractivity contribution in [3.63, 3.8) is 0 Å². The number of carbonyl (C=O) groups excluding carboxylic acids is 1. The summed E-state index contributed by atoms with van der Waals surface area (Å²) in [6, 6.07) is 21.8. The molecule has 1 atom stereocenters. The smallest absolute Gasteiger partial charge is 0.252 e. The Morgan fingerprint density at radius 3 is 2.26 bits per heavy atom. The number of benzene rings is 3. The summed E-state index contributed by atoms with van der Waals surface area (Å²) in [4.78, 5) is 17.3. The van der Waals surface area contributed by atoms with Crippen LogP contribution >= 0.6 is 11.6 Å². The number of nitrogens with one attached hydrogen (secondary N) is 1. The van der Waals surface area contributed by atoms with Gasteiger partial charge in [0.2, 0.25) is 10.0 Å². The molecule has 8 nitrogen and oxygen atoms in total. The average Bonchev–Trinajstić information content (AvgIpc) is 2.94. The number of amides is 1. The van der Waals surface area contributed by atoms with Gasteiger partial charge in [-0.3, -0.25) is 4.79 Å². The Balaban J connectivity index is 1.45. The van der Waals surface area contributed by atoms with Crippen LogP contribution in [0, 0.1) is 0 Å². The molecule has 1 aliphatic heterocycles. The Bertz CT molecular complexity index is 1340. The maximum Gasteiger partial charge on any atom is 0.252 e. The van der Waals surface area contributed by atoms with Gasteiger partial charge in [-0.15, -0.1) is 0 Å². The SMILES string of the molecule is COc1ccc([C@@H](CNC(=O)c2cc(S(=O)(=O)N3CCN(c4ccccc4)CC3)ccc2Cl)N(C)C)cc1. The first-order valence-electron chi connectivity index (χ1n) is 12.4. The Hall–Kier alpha value is -3.11. The predicted molar refractivity (Wildman–Crippen MR) is 151 cm³/mol. The molecule has 3 aromatic carbocycles. The maximum absolute atomic E-state index is 13.4. The van der Waals surface area contributed by atoms with Crippen LogP contribution in [0.15, 0.2) is 77.7 Å². The first-order valence-corrected chi connectivity index (χ1v) is 14.2. The zero-order valence-corrected chi connectivity index (χ0v) is 23.4. The third-order valence-corrected chi connectivity index (χ3v) is 8.98. The molecule has 0 spiro atoms. The summed E-state index contributed by atoms with van der Waals surface area (Å²) < 4.78 is 33.5. The lowest BCUT2D eigenvalue weighted by atomic mass is 10.1. The average molecular weight is 557 g/mol. The van der Waals surface area contributed by atoms with E-state index in [1.54, 1.807) is 7.11 Å². The van der Waals surface area contributed by atoms with Crippen LogP contribution in [0.2, 0.25) is 5.02 Å². The molecule has 3 aromatic rings. The minimum Gasteiger partial charge on any atom is -0.497 e. The van der Waals surface area contributed by atoms with Crippen molar-refractivity contribution in [2.24, 2.45) is 0 Å². The van der Waals surface area contributed by atoms with E-state index in [1.165, 1.54) is 22.5 Å². The summed E-state index contributed by atoms with van der Waals surface area (Å²) in [6.07, 6.45) is 0. The first-order chi connectivity index (χ1) is 18.2. The first kappa shape index (κ1) is 27.9. The van der Waals surface area contributed by atoms with Gasteiger partial charge in [0, 0.05) is 38.4 Å². The molecule has 0 aromatic heterocycles. The van der Waals surface area contributed by atoms with Crippen molar-refractivity contribution in [2.75, 3.05) is 58.8 Å². The molecule has 1 aliphatic rings. The summed E-state index contributed by atoms with van der Waals surface area (Å²) >= 11 is 6.34. The van der Waals surface area contributed by atoms with Crippen LogP contribution < -0.4 is 15.0 Å². The van der Waals surface area contributed by atoms with Crippen LogP contribution in [0.25, 0.3) is 0 Å². The Kier molecular flexibility index (Phi) is 8.94. The van der Waals surface area contributed by atoms with E-state index in [1.807, 2.05) is 73.6 Å². The van der Waals surface area contributed by atoms with E-state index in [4.69, 9.17) is 16.3 Å². The van der Waals surface area contributed by atoms with Gasteiger partial charge in [0.05, 0.1) is 28.6 Å². The van der Waals surface area contributed by atoms with Crippen molar-refractivity contribution >= 4 is 33.2 Å². The Labute approximate surface area is 229 Å². The lowest BCUT2D eigenvalue weighted by Gasteiger charge is -2.35. The molecule has 0 aliphatic carbocycles. The summed E-state index contributed by atoms with van der Waals surface area (Å²) in [5, 5.41) is 3.11. The van der Waals surface area contributed by atoms with E-state index in [0.29, 0.717) is 32.7 Å². The number of sulfonamides is 1. The second kappa shape index (κ2) is 12.2. The number of anilines is 1. The molecule has 1 fully saturated rings. The number of piperazine rings is 1. The highest BCUT2D eigenvalue weighted by molar-refractivity contribution is 7.89. The van der Waals surface area contributed by atoms with Gasteiger partial charge in [0.15, 0.2) is 0 Å². The number of hydrogen-bond acceptors (Lipinski definition) is 6. The monoisotopic (exact) mass is 556 g/mol. The minimum absolute atomic E-state index is 0.0551. The van der Waals surface area contributed by atoms with Gasteiger partial charge >= 0.3 is 0 Å². The van der Waals surface area contributed by atoms with Crippen molar-refractivity contribution < 1.29 is 17.9 Å². The standard InChI is InChI=1S/C28H33ClN4O4S/c1-31(2)27(21-9-11-23(37-3)12-10-21)20-30-28(34)25-19-24(13-14-26(25)29)38(35,36)33-17-15-32(16-18-33)22-7-5-4-6-8-22/h4-14,19,27H,15-18,20H2,1-3H3,(H,30,34)/t27-/m1/s1. The molecule has 0 bridgehead atoms. The van der Waals surface area contributed by atoms with Gasteiger partial charge in [0.1, 0.15) is 5.75 Å². The van der Waals surface area contributed by atoms with E-state index >= 15 is 0 Å². The van der Waals surface area contributed by atoms with Crippen LogP contribution in [0.1, 0.15) is 22.0 Å². The van der Waals surface area contributed by atoms with Crippen molar-refractivity contribution in [2.45, 2.75) is 10.9 Å². The molecule has 38 heavy (non-hydrogen) atoms. The number of hydrogen-bond donors (Lipinski definition) is 1. The zero-order chi connectivity index (χ0) is 27.3. The number of ether oxygens (including phenoxy) is 1. The van der Waals surface area contributed by atoms with E-state index < -0.39 is 15.9 Å². The Morgan fingerprint density at radius 1 is 1.00 bits per heavy atom. The topological polar surface area (TPSA) is 82.2 Å². The van der Waals surface area contributed by atoms with Crippen LogP contribution in [0.5, 0.6) is 5.75 Å². The van der Waals surface area contributed by atoms with Gasteiger partial charge < -0.3 is 19.9 Å². The fourth-order valence-electron chi connectivity index (χ4n) is 4.52. The normalized spacial score (nSPS) is 15.3. The van der Waals surface area contributed by atoms with Crippen molar-refractivity contribution in [1.82, 2.24) is 14.5 Å². The molecule has 0 radical (unpaired) electrons. The molecule has 1 heterocycles. The van der Waals surface area contributed by atoms with E-state index in [2.05, 4.69) is 10.2 Å². The molecule has 1 amide bonds. The molecule has 1 saturated heterocycles. The van der Waals surface area contributed by atoms with Gasteiger partial charge in [0.25, 0.3) is 5.91 Å². The summed E-state index contributed by atoms with van der Waals surface area (Å²) in [5.41, 5.74) is 2.21. The summed E-state index contributed by atoms with van der Waals surface area (Å²) in [6.45, 7) is 2.19. The molecule has 1 N–H and O–H groups in total. The van der Waals surface area contributed by atoms with Crippen LogP contribution in [-0.4, -0.2) is 77.5 Å². The molecule has 0 unspecified atom stereocenters. The maximum atomic E-state index is 13.4. The second-order valence-electron chi connectivity index (χ2n) is 9.33. The van der Waals surface area contributed by atoms with Crippen LogP contribution in [-0.2, 0) is 10.0 Å². The fourth-order valence-corrected chi connectivity index (χ4v) is 6.17. The third kappa shape index (κ3) is 6.30. The van der Waals surface area contributed by atoms with E-state index in [9.17, 15) is 13.2 Å². The van der Waals surface area contributed by atoms with Gasteiger partial charge in [-0.2, -0.15) is 4.31 Å². The molecule has 10 heteroatoms. The highest BCUT2D eigenvalue weighted by atomic mass is 35.5. The van der Waals surface area contributed by atoms with Crippen molar-refractivity contribution in [3.05, 3.63) is 88.9 Å². The van der Waals surface area contributed by atoms with E-state index in [0.717, 1.165) is 17.0 Å². The number of halogens is 1. The van der Waals surface area contributed by atoms with Crippen molar-refractivity contribution in [1.29, 1.82) is 0 Å². The molecular weight excluding hydrogens is 524 g/mol. The molecule has 202 valence electrons. The number of methoxy groups -OCH3 is 1. The zero-order valence-electron chi connectivity index (χ0n) is 21.8. The third-order valence-electron chi connectivity index (χ3n) is 6.76. The molecular formula is C28H33ClN4O4S. The van der Waals surface area contributed by atoms with Crippen molar-refractivity contribution in [3.8, 4) is 5.75 Å². The van der Waals surface area contributed by atoms with Gasteiger partial charge in [-0.25, -0.2) is 8.42 Å². The fraction of sp³-hybridized carbons (Fsp3) is 0.321.